The van der Waals surface area contributed by atoms with Crippen LogP contribution >= 0.6 is 0 Å². The molecule has 3 heterocycles. The number of aromatic nitrogens is 1. The molecule has 3 aromatic rings. The Balaban J connectivity index is 1.54. The number of morpholine rings is 1. The van der Waals surface area contributed by atoms with E-state index in [9.17, 15) is 4.79 Å². The third-order valence-corrected chi connectivity index (χ3v) is 4.71. The first-order chi connectivity index (χ1) is 13.1. The summed E-state index contributed by atoms with van der Waals surface area (Å²) in [6.07, 6.45) is 0. The second kappa shape index (κ2) is 7.40. The monoisotopic (exact) mass is 366 g/mol. The summed E-state index contributed by atoms with van der Waals surface area (Å²) in [6, 6.07) is 11.6. The normalized spacial score (nSPS) is 14.5. The second-order valence-electron chi connectivity index (χ2n) is 6.70. The van der Waals surface area contributed by atoms with Gasteiger partial charge in [0.05, 0.1) is 18.7 Å². The fourth-order valence-corrected chi connectivity index (χ4v) is 3.22. The van der Waals surface area contributed by atoms with Crippen molar-refractivity contribution >= 4 is 16.8 Å². The van der Waals surface area contributed by atoms with E-state index in [1.807, 2.05) is 50.2 Å². The molecule has 4 rings (SSSR count). The zero-order chi connectivity index (χ0) is 18.8. The zero-order valence-corrected chi connectivity index (χ0v) is 15.5. The highest BCUT2D eigenvalue weighted by Gasteiger charge is 2.17. The number of carbonyl (C=O) groups excluding carboxylic acids is 1. The number of hydrogen-bond donors (Lipinski definition) is 0. The average molecular weight is 366 g/mol. The maximum Gasteiger partial charge on any atom is 0.260 e. The number of benzene rings is 1. The van der Waals surface area contributed by atoms with Crippen molar-refractivity contribution in [2.45, 2.75) is 13.8 Å². The van der Waals surface area contributed by atoms with Crippen LogP contribution in [0.25, 0.3) is 22.4 Å². The summed E-state index contributed by atoms with van der Waals surface area (Å²) < 4.78 is 16.7. The maximum atomic E-state index is 12.2. The highest BCUT2D eigenvalue weighted by atomic mass is 16.5. The van der Waals surface area contributed by atoms with Crippen LogP contribution < -0.4 is 4.74 Å². The predicted octanol–water partition coefficient (Wildman–Crippen LogP) is 3.35. The SMILES string of the molecule is Cc1ccc(-c2cc(C)c3ccc(OCC(=O)N4CCOCC4)cc3n2)o1. The van der Waals surface area contributed by atoms with Gasteiger partial charge in [-0.05, 0) is 49.7 Å². The van der Waals surface area contributed by atoms with E-state index in [2.05, 4.69) is 0 Å². The summed E-state index contributed by atoms with van der Waals surface area (Å²) in [6.45, 7) is 6.38. The molecule has 1 fully saturated rings. The van der Waals surface area contributed by atoms with E-state index in [1.165, 1.54) is 0 Å². The maximum absolute atomic E-state index is 12.2. The van der Waals surface area contributed by atoms with Crippen LogP contribution in [0.4, 0.5) is 0 Å². The third-order valence-electron chi connectivity index (χ3n) is 4.71. The average Bonchev–Trinajstić information content (AvgIpc) is 3.13. The van der Waals surface area contributed by atoms with Crippen LogP contribution in [-0.4, -0.2) is 48.7 Å². The predicted molar refractivity (Wildman–Crippen MR) is 102 cm³/mol. The van der Waals surface area contributed by atoms with E-state index < -0.39 is 0 Å². The molecule has 6 nitrogen and oxygen atoms in total. The number of pyridine rings is 1. The van der Waals surface area contributed by atoms with Gasteiger partial charge >= 0.3 is 0 Å². The molecule has 2 aromatic heterocycles. The quantitative estimate of drug-likeness (QED) is 0.708. The Bertz CT molecular complexity index is 973. The van der Waals surface area contributed by atoms with Gasteiger partial charge in [0.25, 0.3) is 5.91 Å². The van der Waals surface area contributed by atoms with Crippen LogP contribution in [-0.2, 0) is 9.53 Å². The van der Waals surface area contributed by atoms with Gasteiger partial charge in [-0.2, -0.15) is 0 Å². The van der Waals surface area contributed by atoms with Gasteiger partial charge in [0.1, 0.15) is 17.2 Å². The minimum absolute atomic E-state index is 0.0154. The van der Waals surface area contributed by atoms with Crippen LogP contribution in [0.2, 0.25) is 0 Å². The number of rotatable bonds is 4. The lowest BCUT2D eigenvalue weighted by atomic mass is 10.1. The number of furan rings is 1. The molecule has 0 saturated carbocycles. The van der Waals surface area contributed by atoms with Gasteiger partial charge in [-0.3, -0.25) is 4.79 Å². The molecule has 0 spiro atoms. The Labute approximate surface area is 157 Å². The molecule has 140 valence electrons. The molecule has 1 aliphatic rings. The van der Waals surface area contributed by atoms with Crippen molar-refractivity contribution in [3.63, 3.8) is 0 Å². The third kappa shape index (κ3) is 3.80. The summed E-state index contributed by atoms with van der Waals surface area (Å²) >= 11 is 0. The van der Waals surface area contributed by atoms with Crippen molar-refractivity contribution in [3.05, 3.63) is 47.7 Å². The molecule has 27 heavy (non-hydrogen) atoms. The molecule has 0 aliphatic carbocycles. The minimum Gasteiger partial charge on any atom is -0.484 e. The van der Waals surface area contributed by atoms with Crippen molar-refractivity contribution in [3.8, 4) is 17.2 Å². The number of nitrogens with zero attached hydrogens (tertiary/aromatic N) is 2. The van der Waals surface area contributed by atoms with Crippen LogP contribution in [0.15, 0.2) is 40.8 Å². The Morgan fingerprint density at radius 1 is 1.15 bits per heavy atom. The topological polar surface area (TPSA) is 64.8 Å². The molecule has 6 heteroatoms. The highest BCUT2D eigenvalue weighted by Crippen LogP contribution is 2.28. The molecule has 0 N–H and O–H groups in total. The lowest BCUT2D eigenvalue weighted by molar-refractivity contribution is -0.137. The standard InChI is InChI=1S/C21H22N2O4/c1-14-11-19(20-6-3-15(2)27-20)22-18-12-16(4-5-17(14)18)26-13-21(24)23-7-9-25-10-8-23/h3-6,11-12H,7-10,13H2,1-2H3. The van der Waals surface area contributed by atoms with Crippen LogP contribution in [0.5, 0.6) is 5.75 Å². The summed E-state index contributed by atoms with van der Waals surface area (Å²) in [7, 11) is 0. The van der Waals surface area contributed by atoms with E-state index in [-0.39, 0.29) is 12.5 Å². The van der Waals surface area contributed by atoms with Gasteiger partial charge in [0, 0.05) is 24.5 Å². The molecule has 0 bridgehead atoms. The first-order valence-electron chi connectivity index (χ1n) is 9.07. The van der Waals surface area contributed by atoms with Crippen molar-refractivity contribution in [1.82, 2.24) is 9.88 Å². The second-order valence-corrected chi connectivity index (χ2v) is 6.70. The van der Waals surface area contributed by atoms with E-state index >= 15 is 0 Å². The first kappa shape index (κ1) is 17.5. The van der Waals surface area contributed by atoms with Gasteiger partial charge in [-0.25, -0.2) is 4.98 Å². The van der Waals surface area contributed by atoms with Crippen LogP contribution in [0.1, 0.15) is 11.3 Å². The lowest BCUT2D eigenvalue weighted by Gasteiger charge is -2.26. The Kier molecular flexibility index (Phi) is 4.81. The Morgan fingerprint density at radius 2 is 1.96 bits per heavy atom. The minimum atomic E-state index is -0.0256. The van der Waals surface area contributed by atoms with E-state index in [4.69, 9.17) is 18.9 Å². The van der Waals surface area contributed by atoms with E-state index in [1.54, 1.807) is 4.90 Å². The molecular weight excluding hydrogens is 344 g/mol. The molecule has 0 radical (unpaired) electrons. The molecule has 1 saturated heterocycles. The summed E-state index contributed by atoms with van der Waals surface area (Å²) in [5, 5.41) is 1.05. The fourth-order valence-electron chi connectivity index (χ4n) is 3.22. The number of ether oxygens (including phenoxy) is 2. The molecule has 1 aromatic carbocycles. The first-order valence-corrected chi connectivity index (χ1v) is 9.07. The molecule has 1 aliphatic heterocycles. The molecule has 0 unspecified atom stereocenters. The number of aryl methyl sites for hydroxylation is 2. The van der Waals surface area contributed by atoms with Gasteiger partial charge in [-0.15, -0.1) is 0 Å². The lowest BCUT2D eigenvalue weighted by Crippen LogP contribution is -2.42. The number of hydrogen-bond acceptors (Lipinski definition) is 5. The van der Waals surface area contributed by atoms with Gasteiger partial charge < -0.3 is 18.8 Å². The number of carbonyl (C=O) groups is 1. The van der Waals surface area contributed by atoms with Gasteiger partial charge in [0.2, 0.25) is 0 Å². The largest absolute Gasteiger partial charge is 0.484 e. The zero-order valence-electron chi connectivity index (χ0n) is 15.5. The fraction of sp³-hybridized carbons (Fsp3) is 0.333. The smallest absolute Gasteiger partial charge is 0.260 e. The van der Waals surface area contributed by atoms with Crippen molar-refractivity contribution < 1.29 is 18.7 Å². The van der Waals surface area contributed by atoms with Crippen LogP contribution in [0.3, 0.4) is 0 Å². The summed E-state index contributed by atoms with van der Waals surface area (Å²) in [4.78, 5) is 18.7. The Hall–Kier alpha value is -2.86. The van der Waals surface area contributed by atoms with E-state index in [0.717, 1.165) is 33.7 Å². The van der Waals surface area contributed by atoms with Crippen molar-refractivity contribution in [1.29, 1.82) is 0 Å². The van der Waals surface area contributed by atoms with Crippen LogP contribution in [0, 0.1) is 13.8 Å². The van der Waals surface area contributed by atoms with Crippen molar-refractivity contribution in [2.24, 2.45) is 0 Å². The number of fused-ring (bicyclic) bond motifs is 1. The summed E-state index contributed by atoms with van der Waals surface area (Å²) in [5.74, 6) is 2.20. The van der Waals surface area contributed by atoms with Gasteiger partial charge in [0.15, 0.2) is 12.4 Å². The number of amides is 1. The molecule has 0 atom stereocenters. The molecular formula is C21H22N2O4. The highest BCUT2D eigenvalue weighted by molar-refractivity contribution is 5.86. The van der Waals surface area contributed by atoms with E-state index in [0.29, 0.717) is 32.1 Å². The van der Waals surface area contributed by atoms with Gasteiger partial charge in [-0.1, -0.05) is 0 Å². The van der Waals surface area contributed by atoms with Crippen molar-refractivity contribution in [2.75, 3.05) is 32.9 Å². The molecule has 1 amide bonds. The Morgan fingerprint density at radius 3 is 2.70 bits per heavy atom. The summed E-state index contributed by atoms with van der Waals surface area (Å²) in [5.41, 5.74) is 2.71.